The third-order valence-electron chi connectivity index (χ3n) is 8.04. The molecular formula is C29H39N5O6. The summed E-state index contributed by atoms with van der Waals surface area (Å²) in [4.78, 5) is 50.2. The summed E-state index contributed by atoms with van der Waals surface area (Å²) in [5.41, 5.74) is 7.22. The van der Waals surface area contributed by atoms with Crippen molar-refractivity contribution in [2.45, 2.75) is 90.0 Å². The Kier molecular flexibility index (Phi) is 7.74. The predicted molar refractivity (Wildman–Crippen MR) is 147 cm³/mol. The van der Waals surface area contributed by atoms with Gasteiger partial charge in [0.25, 0.3) is 0 Å². The zero-order valence-electron chi connectivity index (χ0n) is 23.6. The van der Waals surface area contributed by atoms with Gasteiger partial charge < -0.3 is 30.2 Å². The Balaban J connectivity index is 1.48. The Morgan fingerprint density at radius 2 is 1.90 bits per heavy atom. The average molecular weight is 554 g/mol. The SMILES string of the molecule is COc1ccc2nc3c(nc2c1)O[C@@H]1C[C@@H](C(N)=O)N(C1)C(=O)[C@H](C(C)(C)C)NC(=O)O[C@@H]1C[C@H]1CCCCC3. The molecule has 0 spiro atoms. The smallest absolute Gasteiger partial charge is 0.408 e. The second kappa shape index (κ2) is 11.1. The van der Waals surface area contributed by atoms with Gasteiger partial charge in [0.2, 0.25) is 17.7 Å². The number of hydrogen-bond acceptors (Lipinski definition) is 8. The average Bonchev–Trinajstić information content (AvgIpc) is 3.48. The Morgan fingerprint density at radius 3 is 2.62 bits per heavy atom. The number of benzene rings is 1. The fourth-order valence-corrected chi connectivity index (χ4v) is 5.64. The number of ether oxygens (including phenoxy) is 3. The molecule has 0 radical (unpaired) electrons. The largest absolute Gasteiger partial charge is 0.497 e. The van der Waals surface area contributed by atoms with E-state index in [0.29, 0.717) is 29.5 Å². The lowest BCUT2D eigenvalue weighted by Crippen LogP contribution is -2.57. The van der Waals surface area contributed by atoms with Crippen molar-refractivity contribution in [1.29, 1.82) is 0 Å². The molecule has 216 valence electrons. The van der Waals surface area contributed by atoms with Crippen molar-refractivity contribution in [3.63, 3.8) is 0 Å². The van der Waals surface area contributed by atoms with Crippen molar-refractivity contribution in [2.24, 2.45) is 17.1 Å². The Labute approximate surface area is 234 Å². The Hall–Kier alpha value is -3.63. The van der Waals surface area contributed by atoms with Crippen molar-refractivity contribution in [2.75, 3.05) is 13.7 Å². The number of aryl methyl sites for hydroxylation is 1. The predicted octanol–water partition coefficient (Wildman–Crippen LogP) is 3.12. The lowest BCUT2D eigenvalue weighted by Gasteiger charge is -2.34. The summed E-state index contributed by atoms with van der Waals surface area (Å²) >= 11 is 0. The van der Waals surface area contributed by atoms with E-state index in [1.54, 1.807) is 13.2 Å². The van der Waals surface area contributed by atoms with Gasteiger partial charge in [-0.2, -0.15) is 0 Å². The van der Waals surface area contributed by atoms with Crippen LogP contribution in [0.3, 0.4) is 0 Å². The fourth-order valence-electron chi connectivity index (χ4n) is 5.64. The van der Waals surface area contributed by atoms with Crippen molar-refractivity contribution >= 4 is 28.9 Å². The maximum absolute atomic E-state index is 13.8. The van der Waals surface area contributed by atoms with Gasteiger partial charge in [0.05, 0.1) is 24.7 Å². The van der Waals surface area contributed by atoms with Gasteiger partial charge in [-0.05, 0) is 49.1 Å². The highest BCUT2D eigenvalue weighted by Crippen LogP contribution is 2.39. The molecule has 2 bridgehead atoms. The van der Waals surface area contributed by atoms with Gasteiger partial charge in [0.15, 0.2) is 0 Å². The Morgan fingerprint density at radius 1 is 1.10 bits per heavy atom. The number of rotatable bonds is 2. The van der Waals surface area contributed by atoms with Crippen LogP contribution < -0.4 is 20.5 Å². The quantitative estimate of drug-likeness (QED) is 0.577. The number of hydrogen-bond donors (Lipinski definition) is 2. The molecule has 5 rings (SSSR count). The number of primary amides is 1. The number of nitrogens with two attached hydrogens (primary N) is 1. The summed E-state index contributed by atoms with van der Waals surface area (Å²) in [5, 5.41) is 2.78. The topological polar surface area (TPSA) is 146 Å². The van der Waals surface area contributed by atoms with Crippen molar-refractivity contribution in [3.05, 3.63) is 23.9 Å². The first-order valence-electron chi connectivity index (χ1n) is 14.1. The summed E-state index contributed by atoms with van der Waals surface area (Å²) in [7, 11) is 1.59. The minimum Gasteiger partial charge on any atom is -0.497 e. The van der Waals surface area contributed by atoms with E-state index in [1.807, 2.05) is 32.9 Å². The molecule has 40 heavy (non-hydrogen) atoms. The molecule has 2 aromatic rings. The second-order valence-corrected chi connectivity index (χ2v) is 12.2. The summed E-state index contributed by atoms with van der Waals surface area (Å²) in [6.07, 6.45) is 4.33. The van der Waals surface area contributed by atoms with Gasteiger partial charge in [-0.1, -0.05) is 33.6 Å². The summed E-state index contributed by atoms with van der Waals surface area (Å²) < 4.78 is 17.4. The molecule has 3 amide bonds. The van der Waals surface area contributed by atoms with E-state index < -0.39 is 41.5 Å². The number of nitrogens with zero attached hydrogens (tertiary/aromatic N) is 3. The molecule has 2 fully saturated rings. The van der Waals surface area contributed by atoms with Gasteiger partial charge in [0, 0.05) is 12.5 Å². The molecule has 1 aromatic heterocycles. The number of carbonyl (C=O) groups is 3. The van der Waals surface area contributed by atoms with Crippen LogP contribution in [-0.2, 0) is 20.7 Å². The molecule has 3 heterocycles. The number of carbonyl (C=O) groups excluding carboxylic acids is 3. The van der Waals surface area contributed by atoms with Gasteiger partial charge in [-0.15, -0.1) is 0 Å². The summed E-state index contributed by atoms with van der Waals surface area (Å²) in [6.45, 7) is 5.70. The lowest BCUT2D eigenvalue weighted by atomic mass is 9.85. The molecule has 1 saturated heterocycles. The lowest BCUT2D eigenvalue weighted by molar-refractivity contribution is -0.141. The minimum absolute atomic E-state index is 0.123. The zero-order chi connectivity index (χ0) is 28.6. The number of alkyl carbamates (subject to hydrolysis) is 1. The molecule has 2 aliphatic heterocycles. The molecule has 0 unspecified atom stereocenters. The molecule has 11 nitrogen and oxygen atoms in total. The monoisotopic (exact) mass is 553 g/mol. The molecule has 1 aromatic carbocycles. The normalized spacial score (nSPS) is 27.8. The van der Waals surface area contributed by atoms with Crippen LogP contribution in [0.5, 0.6) is 11.6 Å². The van der Waals surface area contributed by atoms with Crippen LogP contribution in [0.15, 0.2) is 18.2 Å². The zero-order valence-corrected chi connectivity index (χ0v) is 23.6. The molecule has 11 heteroatoms. The van der Waals surface area contributed by atoms with Crippen molar-refractivity contribution < 1.29 is 28.6 Å². The number of nitrogens with one attached hydrogen (secondary N) is 1. The van der Waals surface area contributed by atoms with E-state index in [2.05, 4.69) is 5.32 Å². The van der Waals surface area contributed by atoms with E-state index in [-0.39, 0.29) is 19.1 Å². The maximum Gasteiger partial charge on any atom is 0.408 e. The van der Waals surface area contributed by atoms with Crippen LogP contribution in [0.1, 0.15) is 65.0 Å². The highest BCUT2D eigenvalue weighted by Gasteiger charge is 2.46. The molecule has 3 aliphatic rings. The number of amides is 3. The number of methoxy groups -OCH3 is 1. The van der Waals surface area contributed by atoms with E-state index in [4.69, 9.17) is 29.9 Å². The second-order valence-electron chi connectivity index (χ2n) is 12.2. The molecule has 3 N–H and O–H groups in total. The van der Waals surface area contributed by atoms with E-state index in [1.165, 1.54) is 4.90 Å². The summed E-state index contributed by atoms with van der Waals surface area (Å²) in [5.74, 6) is 0.353. The molecule has 1 aliphatic carbocycles. The van der Waals surface area contributed by atoms with Gasteiger partial charge >= 0.3 is 6.09 Å². The third kappa shape index (κ3) is 6.08. The first-order valence-corrected chi connectivity index (χ1v) is 14.1. The minimum atomic E-state index is -0.917. The first-order chi connectivity index (χ1) is 19.0. The number of aromatic nitrogens is 2. The highest BCUT2D eigenvalue weighted by atomic mass is 16.6. The molecule has 1 saturated carbocycles. The summed E-state index contributed by atoms with van der Waals surface area (Å²) in [6, 6.07) is 3.73. The fraction of sp³-hybridized carbons (Fsp3) is 0.621. The van der Waals surface area contributed by atoms with E-state index >= 15 is 0 Å². The number of fused-ring (bicyclic) bond motifs is 5. The standard InChI is InChI=1S/C29H39N5O6/c1-29(2,3)24-27(36)34-15-18(14-22(34)25(30)35)39-26-20(31-19-11-10-17(38-4)13-21(19)32-26)9-7-5-6-8-16-12-23(16)40-28(37)33-24/h10-11,13,16,18,22-24H,5-9,12,14-15H2,1-4H3,(H2,30,35)(H,33,37)/t16-,18-,22+,23-,24-/m1/s1. The van der Waals surface area contributed by atoms with Crippen molar-refractivity contribution in [3.8, 4) is 11.6 Å². The Bertz CT molecular complexity index is 1290. The van der Waals surface area contributed by atoms with Gasteiger partial charge in [-0.25, -0.2) is 14.8 Å². The van der Waals surface area contributed by atoms with Crippen LogP contribution in [0.25, 0.3) is 11.0 Å². The van der Waals surface area contributed by atoms with Gasteiger partial charge in [0.1, 0.15) is 35.7 Å². The third-order valence-corrected chi connectivity index (χ3v) is 8.04. The maximum atomic E-state index is 13.8. The first kappa shape index (κ1) is 27.9. The van der Waals surface area contributed by atoms with E-state index in [0.717, 1.165) is 43.3 Å². The van der Waals surface area contributed by atoms with Gasteiger partial charge in [-0.3, -0.25) is 9.59 Å². The van der Waals surface area contributed by atoms with Crippen molar-refractivity contribution in [1.82, 2.24) is 20.2 Å². The van der Waals surface area contributed by atoms with Crippen LogP contribution in [-0.4, -0.2) is 70.7 Å². The highest BCUT2D eigenvalue weighted by molar-refractivity contribution is 5.92. The van der Waals surface area contributed by atoms with Crippen LogP contribution in [0, 0.1) is 11.3 Å². The molecule has 5 atom stereocenters. The molecular weight excluding hydrogens is 514 g/mol. The van der Waals surface area contributed by atoms with Crippen LogP contribution in [0.2, 0.25) is 0 Å². The van der Waals surface area contributed by atoms with Crippen LogP contribution in [0.4, 0.5) is 4.79 Å². The van der Waals surface area contributed by atoms with E-state index in [9.17, 15) is 14.4 Å². The van der Waals surface area contributed by atoms with Crippen LogP contribution >= 0.6 is 0 Å².